The normalized spacial score (nSPS) is 12.6. The van der Waals surface area contributed by atoms with Crippen molar-refractivity contribution in [3.05, 3.63) is 85.1 Å². The fourth-order valence-electron chi connectivity index (χ4n) is 9.16. The van der Waals surface area contributed by atoms with Gasteiger partial charge in [-0.3, -0.25) is 14.4 Å². The lowest BCUT2D eigenvalue weighted by molar-refractivity contribution is -0.167. The van der Waals surface area contributed by atoms with Gasteiger partial charge in [0, 0.05) is 19.3 Å². The first-order valence-corrected chi connectivity index (χ1v) is 32.6. The van der Waals surface area contributed by atoms with Crippen LogP contribution in [0.15, 0.2) is 85.1 Å². The van der Waals surface area contributed by atoms with Gasteiger partial charge in [-0.25, -0.2) is 0 Å². The van der Waals surface area contributed by atoms with E-state index >= 15 is 0 Å². The molecule has 6 heteroatoms. The molecule has 0 heterocycles. The van der Waals surface area contributed by atoms with Crippen molar-refractivity contribution in [1.29, 1.82) is 0 Å². The summed E-state index contributed by atoms with van der Waals surface area (Å²) < 4.78 is 16.9. The third kappa shape index (κ3) is 61.4. The van der Waals surface area contributed by atoms with E-state index in [1.165, 1.54) is 173 Å². The van der Waals surface area contributed by atoms with Crippen LogP contribution in [0.5, 0.6) is 0 Å². The summed E-state index contributed by atoms with van der Waals surface area (Å²) in [6.07, 6.45) is 84.3. The zero-order valence-corrected chi connectivity index (χ0v) is 50.3. The summed E-state index contributed by atoms with van der Waals surface area (Å²) in [7, 11) is 0. The Morgan fingerprint density at radius 1 is 0.263 bits per heavy atom. The predicted molar refractivity (Wildman–Crippen MR) is 330 cm³/mol. The SMILES string of the molecule is CCCCC/C=C\C/C=C\C/C=C\CCCCCCCCC(=O)OC(COC(=O)CCCCCCC/C=C\CCCCCCCCC)COC(=O)CCCCCCCCCC/C=C\C/C=C\C/C=C\CCCCCCC. The van der Waals surface area contributed by atoms with Crippen LogP contribution in [0.1, 0.15) is 323 Å². The molecule has 0 saturated carbocycles. The van der Waals surface area contributed by atoms with Gasteiger partial charge in [0.05, 0.1) is 0 Å². The molecule has 438 valence electrons. The van der Waals surface area contributed by atoms with E-state index in [9.17, 15) is 14.4 Å². The molecule has 0 aromatic rings. The highest BCUT2D eigenvalue weighted by molar-refractivity contribution is 5.71. The average molecular weight is 1060 g/mol. The number of allylic oxidation sites excluding steroid dienone is 14. The molecular weight excluding hydrogens is 937 g/mol. The Morgan fingerprint density at radius 2 is 0.474 bits per heavy atom. The van der Waals surface area contributed by atoms with Gasteiger partial charge in [-0.15, -0.1) is 0 Å². The first kappa shape index (κ1) is 72.6. The fourth-order valence-corrected chi connectivity index (χ4v) is 9.16. The molecule has 0 aromatic carbocycles. The molecule has 0 aliphatic rings. The highest BCUT2D eigenvalue weighted by Crippen LogP contribution is 2.15. The summed E-state index contributed by atoms with van der Waals surface area (Å²) in [6.45, 7) is 6.61. The van der Waals surface area contributed by atoms with Crippen LogP contribution in [0.3, 0.4) is 0 Å². The summed E-state index contributed by atoms with van der Waals surface area (Å²) in [4.78, 5) is 38.4. The van der Waals surface area contributed by atoms with Gasteiger partial charge < -0.3 is 14.2 Å². The van der Waals surface area contributed by atoms with Crippen LogP contribution in [0, 0.1) is 0 Å². The first-order chi connectivity index (χ1) is 37.5. The van der Waals surface area contributed by atoms with Crippen LogP contribution < -0.4 is 0 Å². The molecule has 0 saturated heterocycles. The molecule has 0 bridgehead atoms. The van der Waals surface area contributed by atoms with Crippen LogP contribution in [-0.2, 0) is 28.6 Å². The lowest BCUT2D eigenvalue weighted by Gasteiger charge is -2.18. The third-order valence-corrected chi connectivity index (χ3v) is 14.1. The summed E-state index contributed by atoms with van der Waals surface area (Å²) in [5.74, 6) is -0.903. The molecule has 0 radical (unpaired) electrons. The number of carbonyl (C=O) groups is 3. The molecule has 0 fully saturated rings. The lowest BCUT2D eigenvalue weighted by Crippen LogP contribution is -2.30. The highest BCUT2D eigenvalue weighted by atomic mass is 16.6. The maximum absolute atomic E-state index is 12.9. The number of hydrogen-bond acceptors (Lipinski definition) is 6. The average Bonchev–Trinajstić information content (AvgIpc) is 3.42. The molecule has 0 N–H and O–H groups in total. The van der Waals surface area contributed by atoms with Crippen molar-refractivity contribution in [2.75, 3.05) is 13.2 Å². The summed E-state index contributed by atoms with van der Waals surface area (Å²) >= 11 is 0. The highest BCUT2D eigenvalue weighted by Gasteiger charge is 2.19. The Balaban J connectivity index is 4.41. The van der Waals surface area contributed by atoms with Crippen LogP contribution in [-0.4, -0.2) is 37.2 Å². The first-order valence-electron chi connectivity index (χ1n) is 32.6. The number of hydrogen-bond donors (Lipinski definition) is 0. The van der Waals surface area contributed by atoms with Gasteiger partial charge in [-0.1, -0.05) is 266 Å². The van der Waals surface area contributed by atoms with Gasteiger partial charge in [-0.2, -0.15) is 0 Å². The van der Waals surface area contributed by atoms with E-state index < -0.39 is 6.10 Å². The van der Waals surface area contributed by atoms with E-state index in [1.807, 2.05) is 0 Å². The minimum absolute atomic E-state index is 0.0878. The van der Waals surface area contributed by atoms with Gasteiger partial charge in [0.1, 0.15) is 13.2 Å². The van der Waals surface area contributed by atoms with Crippen molar-refractivity contribution in [3.8, 4) is 0 Å². The van der Waals surface area contributed by atoms with Crippen molar-refractivity contribution in [2.24, 2.45) is 0 Å². The van der Waals surface area contributed by atoms with E-state index in [0.29, 0.717) is 19.3 Å². The lowest BCUT2D eigenvalue weighted by atomic mass is 10.1. The largest absolute Gasteiger partial charge is 0.462 e. The summed E-state index contributed by atoms with van der Waals surface area (Å²) in [5.41, 5.74) is 0. The monoisotopic (exact) mass is 1060 g/mol. The summed E-state index contributed by atoms with van der Waals surface area (Å²) in [5, 5.41) is 0. The molecule has 0 amide bonds. The predicted octanol–water partition coefficient (Wildman–Crippen LogP) is 22.3. The maximum atomic E-state index is 12.9. The van der Waals surface area contributed by atoms with E-state index in [1.54, 1.807) is 0 Å². The second-order valence-corrected chi connectivity index (χ2v) is 21.7. The number of unbranched alkanes of at least 4 members (excludes halogenated alkanes) is 34. The number of rotatable bonds is 59. The molecule has 1 atom stereocenters. The number of ether oxygens (including phenoxy) is 3. The second kappa shape index (κ2) is 64.1. The molecule has 6 nitrogen and oxygen atoms in total. The molecule has 0 aliphatic heterocycles. The molecule has 0 rings (SSSR count). The Kier molecular flexibility index (Phi) is 61.2. The molecule has 0 aromatic heterocycles. The van der Waals surface area contributed by atoms with Crippen LogP contribution in [0.25, 0.3) is 0 Å². The minimum atomic E-state index is -0.792. The van der Waals surface area contributed by atoms with Gasteiger partial charge >= 0.3 is 17.9 Å². The van der Waals surface area contributed by atoms with Crippen LogP contribution in [0.4, 0.5) is 0 Å². The zero-order valence-electron chi connectivity index (χ0n) is 50.3. The summed E-state index contributed by atoms with van der Waals surface area (Å²) in [6, 6.07) is 0. The van der Waals surface area contributed by atoms with Crippen molar-refractivity contribution in [1.82, 2.24) is 0 Å². The standard InChI is InChI=1S/C70H122O6/c1-4-7-10-13-16-19-22-25-28-31-33-34-35-36-38-39-42-45-48-51-54-57-60-63-69(72)75-66-67(65-74-68(71)62-59-56-53-50-47-44-41-30-27-24-21-18-15-12-9-6-3)76-70(73)64-61-58-55-52-49-46-43-40-37-32-29-26-23-20-17-14-11-8-5-2/h17,20,22,25-26,29-31,33,35-37,40-41,67H,4-16,18-19,21,23-24,27-28,32,34,38-39,42-66H2,1-3H3/b20-17-,25-22-,29-26-,33-31-,36-35-,40-37-,41-30-. The Labute approximate surface area is 471 Å². The van der Waals surface area contributed by atoms with Gasteiger partial charge in [0.15, 0.2) is 6.10 Å². The van der Waals surface area contributed by atoms with Gasteiger partial charge in [0.25, 0.3) is 0 Å². The van der Waals surface area contributed by atoms with Crippen molar-refractivity contribution in [2.45, 2.75) is 329 Å². The van der Waals surface area contributed by atoms with Gasteiger partial charge in [-0.05, 0) is 122 Å². The zero-order chi connectivity index (χ0) is 55.0. The number of esters is 3. The van der Waals surface area contributed by atoms with Crippen molar-refractivity contribution >= 4 is 17.9 Å². The van der Waals surface area contributed by atoms with Crippen LogP contribution in [0.2, 0.25) is 0 Å². The van der Waals surface area contributed by atoms with Gasteiger partial charge in [0.2, 0.25) is 0 Å². The topological polar surface area (TPSA) is 78.9 Å². The van der Waals surface area contributed by atoms with E-state index in [4.69, 9.17) is 14.2 Å². The molecule has 1 unspecified atom stereocenters. The molecule has 76 heavy (non-hydrogen) atoms. The van der Waals surface area contributed by atoms with E-state index in [2.05, 4.69) is 106 Å². The Morgan fingerprint density at radius 3 is 0.776 bits per heavy atom. The quantitative estimate of drug-likeness (QED) is 0.0261. The fraction of sp³-hybridized carbons (Fsp3) is 0.757. The second-order valence-electron chi connectivity index (χ2n) is 21.7. The Hall–Kier alpha value is -3.41. The van der Waals surface area contributed by atoms with Crippen molar-refractivity contribution < 1.29 is 28.6 Å². The minimum Gasteiger partial charge on any atom is -0.462 e. The maximum Gasteiger partial charge on any atom is 0.306 e. The molecule has 0 spiro atoms. The molecule has 0 aliphatic carbocycles. The smallest absolute Gasteiger partial charge is 0.306 e. The van der Waals surface area contributed by atoms with E-state index in [-0.39, 0.29) is 31.1 Å². The third-order valence-electron chi connectivity index (χ3n) is 14.1. The number of carbonyl (C=O) groups excluding carboxylic acids is 3. The Bertz CT molecular complexity index is 1450. The van der Waals surface area contributed by atoms with Crippen molar-refractivity contribution in [3.63, 3.8) is 0 Å². The van der Waals surface area contributed by atoms with E-state index in [0.717, 1.165) is 109 Å². The molecular formula is C70H122O6. The van der Waals surface area contributed by atoms with Crippen LogP contribution >= 0.6 is 0 Å².